The zero-order valence-electron chi connectivity index (χ0n) is 21.7. The molecule has 1 saturated heterocycles. The van der Waals surface area contributed by atoms with Crippen LogP contribution in [0.25, 0.3) is 11.0 Å². The van der Waals surface area contributed by atoms with Crippen LogP contribution in [0.3, 0.4) is 0 Å². The Labute approximate surface area is 213 Å². The number of aromatic nitrogens is 2. The summed E-state index contributed by atoms with van der Waals surface area (Å²) in [4.78, 5) is 18.2. The minimum Gasteiger partial charge on any atom is -0.381 e. The number of carbonyl (C=O) groups is 1. The average molecular weight is 513 g/mol. The molecule has 0 aliphatic carbocycles. The summed E-state index contributed by atoms with van der Waals surface area (Å²) in [5.41, 5.74) is 3.17. The first-order valence-corrected chi connectivity index (χ1v) is 13.9. The van der Waals surface area contributed by atoms with E-state index in [4.69, 9.17) is 9.72 Å². The summed E-state index contributed by atoms with van der Waals surface area (Å²) in [5, 5.41) is 0. The zero-order chi connectivity index (χ0) is 26.1. The summed E-state index contributed by atoms with van der Waals surface area (Å²) in [6.45, 7) is 10.5. The molecule has 1 amide bonds. The predicted octanol–water partition coefficient (Wildman–Crippen LogP) is 4.22. The van der Waals surface area contributed by atoms with Gasteiger partial charge in [0.2, 0.25) is 15.9 Å². The lowest BCUT2D eigenvalue weighted by atomic mass is 9.94. The Bertz CT molecular complexity index is 1330. The number of amides is 1. The highest BCUT2D eigenvalue weighted by Crippen LogP contribution is 2.31. The van der Waals surface area contributed by atoms with Gasteiger partial charge in [-0.3, -0.25) is 4.79 Å². The summed E-state index contributed by atoms with van der Waals surface area (Å²) in [5.74, 6) is 1.41. The molecule has 9 heteroatoms. The Kier molecular flexibility index (Phi) is 7.54. The van der Waals surface area contributed by atoms with Gasteiger partial charge >= 0.3 is 0 Å². The van der Waals surface area contributed by atoms with Crippen molar-refractivity contribution in [3.8, 4) is 0 Å². The number of anilines is 1. The minimum absolute atomic E-state index is 0.122. The van der Waals surface area contributed by atoms with E-state index in [1.807, 2.05) is 12.1 Å². The van der Waals surface area contributed by atoms with Gasteiger partial charge in [0.05, 0.1) is 15.9 Å². The van der Waals surface area contributed by atoms with E-state index in [0.717, 1.165) is 55.0 Å². The van der Waals surface area contributed by atoms with Crippen LogP contribution in [-0.2, 0) is 38.1 Å². The number of ether oxygens (including phenoxy) is 1. The summed E-state index contributed by atoms with van der Waals surface area (Å²) in [7, 11) is -2.10. The standard InChI is InChI=1S/C27H36N4O4S/c1-19(32)30(5)22-9-11-23(12-10-22)36(33,34)28-17-21-7-6-8-24-25(21)29-26(27(2,3)4)31(24)18-20-13-15-35-16-14-20/h6-12,20,28H,13-18H2,1-5H3. The van der Waals surface area contributed by atoms with Crippen molar-refractivity contribution in [1.82, 2.24) is 14.3 Å². The second-order valence-electron chi connectivity index (χ2n) is 10.5. The molecule has 1 aliphatic heterocycles. The fourth-order valence-electron chi connectivity index (χ4n) is 4.58. The maximum absolute atomic E-state index is 13.0. The van der Waals surface area contributed by atoms with Gasteiger partial charge in [0.25, 0.3) is 0 Å². The molecule has 3 aromatic rings. The molecule has 4 rings (SSSR count). The van der Waals surface area contributed by atoms with E-state index in [-0.39, 0.29) is 22.8 Å². The van der Waals surface area contributed by atoms with Crippen molar-refractivity contribution in [2.75, 3.05) is 25.2 Å². The topological polar surface area (TPSA) is 93.5 Å². The fraction of sp³-hybridized carbons (Fsp3) is 0.481. The van der Waals surface area contributed by atoms with Crippen molar-refractivity contribution >= 4 is 32.7 Å². The van der Waals surface area contributed by atoms with Gasteiger partial charge < -0.3 is 14.2 Å². The number of nitrogens with one attached hydrogen (secondary N) is 1. The molecule has 2 heterocycles. The number of imidazole rings is 1. The van der Waals surface area contributed by atoms with Crippen LogP contribution in [0.2, 0.25) is 0 Å². The SMILES string of the molecule is CC(=O)N(C)c1ccc(S(=O)(=O)NCc2cccc3c2nc(C(C)(C)C)n3CC2CCOCC2)cc1. The first kappa shape index (κ1) is 26.3. The maximum atomic E-state index is 13.0. The molecule has 0 unspecified atom stereocenters. The fourth-order valence-corrected chi connectivity index (χ4v) is 5.59. The van der Waals surface area contributed by atoms with E-state index >= 15 is 0 Å². The maximum Gasteiger partial charge on any atom is 0.240 e. The van der Waals surface area contributed by atoms with Gasteiger partial charge in [0.1, 0.15) is 5.82 Å². The highest BCUT2D eigenvalue weighted by Gasteiger charge is 2.26. The molecule has 0 atom stereocenters. The first-order valence-electron chi connectivity index (χ1n) is 12.4. The highest BCUT2D eigenvalue weighted by atomic mass is 32.2. The normalized spacial score (nSPS) is 15.4. The summed E-state index contributed by atoms with van der Waals surface area (Å²) in [6.07, 6.45) is 2.06. The summed E-state index contributed by atoms with van der Waals surface area (Å²) >= 11 is 0. The van der Waals surface area contributed by atoms with Gasteiger partial charge in [-0.2, -0.15) is 0 Å². The second kappa shape index (κ2) is 10.3. The number of rotatable bonds is 7. The van der Waals surface area contributed by atoms with E-state index in [9.17, 15) is 13.2 Å². The zero-order valence-corrected chi connectivity index (χ0v) is 22.6. The number of nitrogens with zero attached hydrogens (tertiary/aromatic N) is 3. The van der Waals surface area contributed by atoms with E-state index < -0.39 is 10.0 Å². The Morgan fingerprint density at radius 2 is 1.81 bits per heavy atom. The van der Waals surface area contributed by atoms with Crippen molar-refractivity contribution < 1.29 is 17.9 Å². The molecule has 1 aromatic heterocycles. The van der Waals surface area contributed by atoms with Crippen LogP contribution < -0.4 is 9.62 Å². The Hall–Kier alpha value is -2.75. The van der Waals surface area contributed by atoms with Gasteiger partial charge in [-0.05, 0) is 54.7 Å². The van der Waals surface area contributed by atoms with Crippen molar-refractivity contribution in [3.63, 3.8) is 0 Å². The lowest BCUT2D eigenvalue weighted by Gasteiger charge is -2.26. The van der Waals surface area contributed by atoms with Crippen LogP contribution >= 0.6 is 0 Å². The molecule has 0 radical (unpaired) electrons. The summed E-state index contributed by atoms with van der Waals surface area (Å²) < 4.78 is 36.6. The van der Waals surface area contributed by atoms with Crippen LogP contribution in [-0.4, -0.2) is 44.1 Å². The monoisotopic (exact) mass is 512 g/mol. The van der Waals surface area contributed by atoms with E-state index in [1.165, 1.54) is 24.0 Å². The molecule has 1 aliphatic rings. The van der Waals surface area contributed by atoms with Crippen LogP contribution in [0.5, 0.6) is 0 Å². The van der Waals surface area contributed by atoms with Crippen molar-refractivity contribution in [2.45, 2.75) is 63.9 Å². The molecular weight excluding hydrogens is 476 g/mol. The number of fused-ring (bicyclic) bond motifs is 1. The number of sulfonamides is 1. The predicted molar refractivity (Wildman–Crippen MR) is 142 cm³/mol. The Morgan fingerprint density at radius 1 is 1.14 bits per heavy atom. The molecule has 8 nitrogen and oxygen atoms in total. The third kappa shape index (κ3) is 5.63. The summed E-state index contributed by atoms with van der Waals surface area (Å²) in [6, 6.07) is 12.2. The molecule has 36 heavy (non-hydrogen) atoms. The number of benzene rings is 2. The lowest BCUT2D eigenvalue weighted by molar-refractivity contribution is -0.116. The Balaban J connectivity index is 1.60. The second-order valence-corrected chi connectivity index (χ2v) is 12.3. The molecular formula is C27H36N4O4S. The number of para-hydroxylation sites is 1. The third-order valence-corrected chi connectivity index (χ3v) is 8.19. The third-order valence-electron chi connectivity index (χ3n) is 6.77. The average Bonchev–Trinajstić information content (AvgIpc) is 3.22. The van der Waals surface area contributed by atoms with Crippen LogP contribution in [0.15, 0.2) is 47.4 Å². The van der Waals surface area contributed by atoms with Gasteiger partial charge in [-0.25, -0.2) is 18.1 Å². The molecule has 0 spiro atoms. The van der Waals surface area contributed by atoms with Crippen LogP contribution in [0, 0.1) is 5.92 Å². The van der Waals surface area contributed by atoms with Crippen molar-refractivity contribution in [3.05, 3.63) is 53.9 Å². The van der Waals surface area contributed by atoms with Crippen molar-refractivity contribution in [2.24, 2.45) is 5.92 Å². The lowest BCUT2D eigenvalue weighted by Crippen LogP contribution is -2.25. The van der Waals surface area contributed by atoms with Crippen LogP contribution in [0.4, 0.5) is 5.69 Å². The van der Waals surface area contributed by atoms with Gasteiger partial charge in [-0.15, -0.1) is 0 Å². The smallest absolute Gasteiger partial charge is 0.240 e. The molecule has 0 bridgehead atoms. The Morgan fingerprint density at radius 3 is 2.42 bits per heavy atom. The first-order chi connectivity index (χ1) is 17.0. The van der Waals surface area contributed by atoms with E-state index in [1.54, 1.807) is 19.2 Å². The molecule has 2 aromatic carbocycles. The van der Waals surface area contributed by atoms with Gasteiger partial charge in [-0.1, -0.05) is 32.9 Å². The molecule has 1 N–H and O–H groups in total. The van der Waals surface area contributed by atoms with Gasteiger partial charge in [0.15, 0.2) is 0 Å². The highest BCUT2D eigenvalue weighted by molar-refractivity contribution is 7.89. The quantitative estimate of drug-likeness (QED) is 0.512. The van der Waals surface area contributed by atoms with Crippen LogP contribution in [0.1, 0.15) is 51.9 Å². The number of carbonyl (C=O) groups excluding carboxylic acids is 1. The largest absolute Gasteiger partial charge is 0.381 e. The van der Waals surface area contributed by atoms with E-state index in [2.05, 4.69) is 36.1 Å². The molecule has 0 saturated carbocycles. The number of hydrogen-bond donors (Lipinski definition) is 1. The molecule has 194 valence electrons. The minimum atomic E-state index is -3.75. The van der Waals surface area contributed by atoms with Gasteiger partial charge in [0, 0.05) is 51.4 Å². The number of hydrogen-bond acceptors (Lipinski definition) is 5. The molecule has 1 fully saturated rings. The van der Waals surface area contributed by atoms with Crippen molar-refractivity contribution in [1.29, 1.82) is 0 Å². The van der Waals surface area contributed by atoms with E-state index in [0.29, 0.717) is 11.6 Å².